The van der Waals surface area contributed by atoms with Crippen molar-refractivity contribution in [2.24, 2.45) is 0 Å². The molecule has 2 heterocycles. The third-order valence-electron chi connectivity index (χ3n) is 3.99. The van der Waals surface area contributed by atoms with Gasteiger partial charge >= 0.3 is 6.18 Å². The number of fused-ring (bicyclic) bond motifs is 1. The summed E-state index contributed by atoms with van der Waals surface area (Å²) in [5, 5.41) is 7.37. The number of hydrogen-bond acceptors (Lipinski definition) is 4. The fourth-order valence-corrected chi connectivity index (χ4v) is 2.79. The minimum absolute atomic E-state index is 0.134. The molecule has 0 bridgehead atoms. The topological polar surface area (TPSA) is 57.7 Å². The van der Waals surface area contributed by atoms with Crippen LogP contribution in [0.3, 0.4) is 0 Å². The van der Waals surface area contributed by atoms with E-state index < -0.39 is 12.6 Å². The van der Waals surface area contributed by atoms with Crippen LogP contribution >= 0.6 is 0 Å². The maximum atomic E-state index is 12.3. The molecule has 2 aromatic rings. The Labute approximate surface area is 131 Å². The van der Waals surface area contributed by atoms with Crippen molar-refractivity contribution in [3.05, 3.63) is 34.9 Å². The number of H-pyrrole nitrogens is 1. The summed E-state index contributed by atoms with van der Waals surface area (Å²) in [5.74, 6) is 0.416. The van der Waals surface area contributed by atoms with Gasteiger partial charge in [0.1, 0.15) is 0 Å². The Morgan fingerprint density at radius 3 is 2.91 bits per heavy atom. The molecule has 0 fully saturated rings. The molecule has 0 saturated heterocycles. The van der Waals surface area contributed by atoms with Crippen molar-refractivity contribution in [1.29, 1.82) is 0 Å². The number of aromatic amines is 1. The van der Waals surface area contributed by atoms with Crippen molar-refractivity contribution in [3.8, 4) is 0 Å². The van der Waals surface area contributed by atoms with Gasteiger partial charge in [-0.05, 0) is 37.3 Å². The molecule has 0 spiro atoms. The van der Waals surface area contributed by atoms with Gasteiger partial charge in [-0.15, -0.1) is 0 Å². The summed E-state index contributed by atoms with van der Waals surface area (Å²) in [6.45, 7) is 0.536. The van der Waals surface area contributed by atoms with Crippen molar-refractivity contribution in [3.63, 3.8) is 0 Å². The number of halogens is 3. The highest BCUT2D eigenvalue weighted by Crippen LogP contribution is 2.25. The number of aromatic nitrogens is 4. The van der Waals surface area contributed by atoms with E-state index >= 15 is 0 Å². The van der Waals surface area contributed by atoms with Gasteiger partial charge in [0.05, 0.1) is 12.2 Å². The van der Waals surface area contributed by atoms with Gasteiger partial charge in [0.2, 0.25) is 5.95 Å². The molecule has 0 radical (unpaired) electrons. The summed E-state index contributed by atoms with van der Waals surface area (Å²) in [4.78, 5) is 10.2. The number of rotatable bonds is 5. The second-order valence-electron chi connectivity index (χ2n) is 5.80. The zero-order chi connectivity index (χ0) is 16.4. The van der Waals surface area contributed by atoms with Crippen LogP contribution in [0.25, 0.3) is 0 Å². The third-order valence-corrected chi connectivity index (χ3v) is 3.99. The van der Waals surface area contributed by atoms with Crippen molar-refractivity contribution >= 4 is 5.95 Å². The fourth-order valence-electron chi connectivity index (χ4n) is 2.79. The predicted molar refractivity (Wildman–Crippen MR) is 79.1 cm³/mol. The molecule has 0 amide bonds. The Bertz CT molecular complexity index is 680. The molecule has 1 aliphatic rings. The highest BCUT2D eigenvalue weighted by atomic mass is 19.4. The molecule has 0 unspecified atom stereocenters. The van der Waals surface area contributed by atoms with Crippen LogP contribution in [0.1, 0.15) is 35.5 Å². The van der Waals surface area contributed by atoms with Gasteiger partial charge in [0.25, 0.3) is 0 Å². The van der Waals surface area contributed by atoms with Gasteiger partial charge in [0, 0.05) is 31.1 Å². The number of aryl methyl sites for hydroxylation is 2. The van der Waals surface area contributed by atoms with E-state index in [1.54, 1.807) is 0 Å². The second kappa shape index (κ2) is 6.17. The van der Waals surface area contributed by atoms with E-state index in [0.29, 0.717) is 18.2 Å². The summed E-state index contributed by atoms with van der Waals surface area (Å²) < 4.78 is 36.9. The third kappa shape index (κ3) is 3.80. The Morgan fingerprint density at radius 1 is 1.30 bits per heavy atom. The van der Waals surface area contributed by atoms with Gasteiger partial charge < -0.3 is 4.90 Å². The van der Waals surface area contributed by atoms with Crippen molar-refractivity contribution < 1.29 is 13.2 Å². The molecule has 3 rings (SSSR count). The van der Waals surface area contributed by atoms with Crippen LogP contribution < -0.4 is 4.90 Å². The fraction of sp³-hybridized carbons (Fsp3) is 0.533. The Balaban J connectivity index is 1.68. The van der Waals surface area contributed by atoms with E-state index in [-0.39, 0.29) is 6.42 Å². The summed E-state index contributed by atoms with van der Waals surface area (Å²) in [7, 11) is 1.82. The van der Waals surface area contributed by atoms with Gasteiger partial charge in [-0.1, -0.05) is 0 Å². The van der Waals surface area contributed by atoms with Crippen molar-refractivity contribution in [2.75, 3.05) is 11.9 Å². The van der Waals surface area contributed by atoms with Gasteiger partial charge in [0.15, 0.2) is 0 Å². The van der Waals surface area contributed by atoms with E-state index in [2.05, 4.69) is 20.2 Å². The van der Waals surface area contributed by atoms with Gasteiger partial charge in [-0.2, -0.15) is 18.3 Å². The molecular weight excluding hydrogens is 307 g/mol. The molecule has 0 aliphatic heterocycles. The van der Waals surface area contributed by atoms with E-state index in [0.717, 1.165) is 25.0 Å². The predicted octanol–water partition coefficient (Wildman–Crippen LogP) is 2.82. The molecule has 0 atom stereocenters. The Morgan fingerprint density at radius 2 is 2.13 bits per heavy atom. The SMILES string of the molecule is CN(Cc1n[nH]c2c1CCC2)c1nccc(CCC(F)(F)F)n1. The van der Waals surface area contributed by atoms with Crippen LogP contribution in [0, 0.1) is 0 Å². The summed E-state index contributed by atoms with van der Waals surface area (Å²) in [6, 6.07) is 1.52. The molecule has 23 heavy (non-hydrogen) atoms. The lowest BCUT2D eigenvalue weighted by Gasteiger charge is -2.17. The van der Waals surface area contributed by atoms with E-state index in [1.807, 2.05) is 11.9 Å². The van der Waals surface area contributed by atoms with E-state index in [9.17, 15) is 13.2 Å². The lowest BCUT2D eigenvalue weighted by molar-refractivity contribution is -0.134. The second-order valence-corrected chi connectivity index (χ2v) is 5.80. The lowest BCUT2D eigenvalue weighted by atomic mass is 10.2. The van der Waals surface area contributed by atoms with Crippen LogP contribution in [0.4, 0.5) is 19.1 Å². The normalized spacial score (nSPS) is 14.1. The molecule has 1 aliphatic carbocycles. The largest absolute Gasteiger partial charge is 0.389 e. The maximum Gasteiger partial charge on any atom is 0.389 e. The first-order valence-corrected chi connectivity index (χ1v) is 7.57. The highest BCUT2D eigenvalue weighted by molar-refractivity contribution is 5.35. The molecule has 0 aromatic carbocycles. The lowest BCUT2D eigenvalue weighted by Crippen LogP contribution is -2.20. The molecule has 8 heteroatoms. The minimum atomic E-state index is -4.17. The van der Waals surface area contributed by atoms with Crippen LogP contribution in [0.5, 0.6) is 0 Å². The minimum Gasteiger partial charge on any atom is -0.338 e. The number of hydrogen-bond donors (Lipinski definition) is 1. The average Bonchev–Trinajstić information content (AvgIpc) is 3.10. The summed E-state index contributed by atoms with van der Waals surface area (Å²) in [5.41, 5.74) is 3.80. The van der Waals surface area contributed by atoms with Crippen molar-refractivity contribution in [2.45, 2.75) is 44.8 Å². The first-order chi connectivity index (χ1) is 10.9. The van der Waals surface area contributed by atoms with E-state index in [1.165, 1.54) is 23.5 Å². The first kappa shape index (κ1) is 15.8. The summed E-state index contributed by atoms with van der Waals surface area (Å²) in [6.07, 6.45) is -0.516. The highest BCUT2D eigenvalue weighted by Gasteiger charge is 2.27. The molecule has 124 valence electrons. The number of anilines is 1. The molecule has 0 saturated carbocycles. The Hall–Kier alpha value is -2.12. The molecule has 5 nitrogen and oxygen atoms in total. The van der Waals surface area contributed by atoms with Crippen LogP contribution in [-0.4, -0.2) is 33.4 Å². The molecule has 2 aromatic heterocycles. The monoisotopic (exact) mass is 325 g/mol. The van der Waals surface area contributed by atoms with Crippen LogP contribution in [0.15, 0.2) is 12.3 Å². The number of nitrogens with one attached hydrogen (secondary N) is 1. The molecular formula is C15H18F3N5. The van der Waals surface area contributed by atoms with Crippen LogP contribution in [0.2, 0.25) is 0 Å². The smallest absolute Gasteiger partial charge is 0.338 e. The van der Waals surface area contributed by atoms with Gasteiger partial charge in [-0.25, -0.2) is 9.97 Å². The zero-order valence-corrected chi connectivity index (χ0v) is 12.8. The first-order valence-electron chi connectivity index (χ1n) is 7.57. The summed E-state index contributed by atoms with van der Waals surface area (Å²) >= 11 is 0. The zero-order valence-electron chi connectivity index (χ0n) is 12.8. The maximum absolute atomic E-state index is 12.3. The Kier molecular flexibility index (Phi) is 4.23. The standard InChI is InChI=1S/C15H18F3N5/c1-23(9-13-11-3-2-4-12(11)21-22-13)14-19-8-6-10(20-14)5-7-15(16,17)18/h6,8H,2-5,7,9H2,1H3,(H,21,22). The van der Waals surface area contributed by atoms with Gasteiger partial charge in [-0.3, -0.25) is 5.10 Å². The number of nitrogens with zero attached hydrogens (tertiary/aromatic N) is 4. The quantitative estimate of drug-likeness (QED) is 0.918. The van der Waals surface area contributed by atoms with Crippen molar-refractivity contribution in [1.82, 2.24) is 20.2 Å². The average molecular weight is 325 g/mol. The van der Waals surface area contributed by atoms with E-state index in [4.69, 9.17) is 0 Å². The molecule has 1 N–H and O–H groups in total. The van der Waals surface area contributed by atoms with Crippen LogP contribution in [-0.2, 0) is 25.8 Å². The number of alkyl halides is 3.